The Labute approximate surface area is 133 Å². The monoisotopic (exact) mass is 341 g/mol. The van der Waals surface area contributed by atoms with Gasteiger partial charge >= 0.3 is 12.2 Å². The maximum atomic E-state index is 13.4. The quantitative estimate of drug-likeness (QED) is 0.788. The van der Waals surface area contributed by atoms with Gasteiger partial charge in [-0.25, -0.2) is 19.2 Å². The highest BCUT2D eigenvalue weighted by Gasteiger charge is 2.40. The number of halogens is 4. The Bertz CT molecular complexity index is 795. The van der Waals surface area contributed by atoms with Gasteiger partial charge in [-0.1, -0.05) is 0 Å². The largest absolute Gasteiger partial charge is 0.435 e. The molecule has 0 aromatic carbocycles. The fourth-order valence-corrected chi connectivity index (χ4v) is 2.33. The Balaban J connectivity index is 2.10. The second kappa shape index (κ2) is 5.69. The topological polar surface area (TPSA) is 62.2 Å². The zero-order valence-electron chi connectivity index (χ0n) is 12.4. The minimum atomic E-state index is -4.80. The molecule has 24 heavy (non-hydrogen) atoms. The number of pyridine rings is 1. The predicted molar refractivity (Wildman–Crippen MR) is 75.6 cm³/mol. The van der Waals surface area contributed by atoms with E-state index in [-0.39, 0.29) is 17.9 Å². The van der Waals surface area contributed by atoms with Crippen molar-refractivity contribution < 1.29 is 22.4 Å². The van der Waals surface area contributed by atoms with Gasteiger partial charge in [0, 0.05) is 31.9 Å². The van der Waals surface area contributed by atoms with Crippen LogP contribution in [-0.2, 0) is 6.18 Å². The minimum Gasteiger partial charge on any atom is -0.326 e. The fourth-order valence-electron chi connectivity index (χ4n) is 2.33. The molecule has 0 spiro atoms. The normalized spacial score (nSPS) is 15.3. The molecule has 0 unspecified atom stereocenters. The van der Waals surface area contributed by atoms with Crippen LogP contribution >= 0.6 is 0 Å². The number of hydrogen-bond donors (Lipinski definition) is 0. The van der Waals surface area contributed by atoms with Crippen molar-refractivity contribution in [3.63, 3.8) is 0 Å². The first kappa shape index (κ1) is 16.1. The van der Waals surface area contributed by atoms with Crippen LogP contribution < -0.4 is 4.90 Å². The number of urea groups is 1. The average Bonchev–Trinajstić information content (AvgIpc) is 2.85. The predicted octanol–water partition coefficient (Wildman–Crippen LogP) is 2.57. The molecule has 0 radical (unpaired) electrons. The van der Waals surface area contributed by atoms with E-state index >= 15 is 0 Å². The summed E-state index contributed by atoms with van der Waals surface area (Å²) in [6.07, 6.45) is -1.80. The molecule has 0 aliphatic carbocycles. The third-order valence-electron chi connectivity index (χ3n) is 3.51. The van der Waals surface area contributed by atoms with Crippen molar-refractivity contribution >= 4 is 11.7 Å². The van der Waals surface area contributed by atoms with E-state index < -0.39 is 29.4 Å². The zero-order valence-corrected chi connectivity index (χ0v) is 12.4. The summed E-state index contributed by atoms with van der Waals surface area (Å²) >= 11 is 0. The van der Waals surface area contributed by atoms with Crippen LogP contribution in [0, 0.1) is 5.82 Å². The summed E-state index contributed by atoms with van der Waals surface area (Å²) in [5, 5.41) is 0. The second-order valence-electron chi connectivity index (χ2n) is 5.17. The number of nitrogens with zero attached hydrogens (tertiary/aromatic N) is 5. The number of anilines is 1. The summed E-state index contributed by atoms with van der Waals surface area (Å²) < 4.78 is 53.3. The Morgan fingerprint density at radius 3 is 2.50 bits per heavy atom. The summed E-state index contributed by atoms with van der Waals surface area (Å²) in [5.41, 5.74) is -1.66. The molecule has 1 aliphatic rings. The van der Waals surface area contributed by atoms with Crippen LogP contribution in [0.2, 0.25) is 0 Å². The maximum absolute atomic E-state index is 13.4. The van der Waals surface area contributed by atoms with Gasteiger partial charge in [0.25, 0.3) is 0 Å². The Hall–Kier alpha value is -2.78. The van der Waals surface area contributed by atoms with Crippen molar-refractivity contribution in [2.45, 2.75) is 6.18 Å². The number of aromatic nitrogens is 3. The summed E-state index contributed by atoms with van der Waals surface area (Å²) in [4.78, 5) is 25.1. The van der Waals surface area contributed by atoms with E-state index in [4.69, 9.17) is 0 Å². The van der Waals surface area contributed by atoms with Crippen molar-refractivity contribution in [2.75, 3.05) is 25.0 Å². The van der Waals surface area contributed by atoms with Gasteiger partial charge in [0.15, 0.2) is 11.5 Å². The second-order valence-corrected chi connectivity index (χ2v) is 5.17. The molecule has 6 nitrogen and oxygen atoms in total. The van der Waals surface area contributed by atoms with Gasteiger partial charge in [-0.15, -0.1) is 0 Å². The summed E-state index contributed by atoms with van der Waals surface area (Å²) in [7, 11) is 1.49. The molecule has 2 aromatic rings. The molecule has 0 bridgehead atoms. The fraction of sp³-hybridized carbons (Fsp3) is 0.286. The van der Waals surface area contributed by atoms with Gasteiger partial charge in [0.2, 0.25) is 0 Å². The van der Waals surface area contributed by atoms with Crippen LogP contribution in [0.4, 0.5) is 28.0 Å². The first-order chi connectivity index (χ1) is 11.3. The molecule has 126 valence electrons. The lowest BCUT2D eigenvalue weighted by Crippen LogP contribution is -2.31. The van der Waals surface area contributed by atoms with Crippen molar-refractivity contribution in [1.82, 2.24) is 19.9 Å². The van der Waals surface area contributed by atoms with Crippen LogP contribution in [0.3, 0.4) is 0 Å². The standard InChI is InChI=1S/C14H11F4N5O/c1-22-2-3-23(13(22)24)10-7-20-12(21-11(10)14(16,17)18)8-4-9(15)6-19-5-8/h4-7H,2-3H2,1H3. The van der Waals surface area contributed by atoms with Gasteiger partial charge in [-0.3, -0.25) is 9.88 Å². The van der Waals surface area contributed by atoms with Gasteiger partial charge < -0.3 is 4.90 Å². The lowest BCUT2D eigenvalue weighted by atomic mass is 10.2. The first-order valence-corrected chi connectivity index (χ1v) is 6.85. The Kier molecular flexibility index (Phi) is 3.82. The Morgan fingerprint density at radius 1 is 1.17 bits per heavy atom. The number of carbonyl (C=O) groups excluding carboxylic acids is 1. The number of likely N-dealkylation sites (N-methyl/N-ethyl adjacent to an activating group) is 1. The van der Waals surface area contributed by atoms with Crippen molar-refractivity contribution in [1.29, 1.82) is 0 Å². The smallest absolute Gasteiger partial charge is 0.326 e. The van der Waals surface area contributed by atoms with E-state index in [1.165, 1.54) is 11.9 Å². The molecule has 3 heterocycles. The molecular weight excluding hydrogens is 330 g/mol. The van der Waals surface area contributed by atoms with Gasteiger partial charge in [-0.05, 0) is 6.07 Å². The minimum absolute atomic E-state index is 0.0110. The van der Waals surface area contributed by atoms with E-state index in [1.807, 2.05) is 0 Å². The van der Waals surface area contributed by atoms with Gasteiger partial charge in [0.1, 0.15) is 5.82 Å². The van der Waals surface area contributed by atoms with Crippen LogP contribution in [0.1, 0.15) is 5.69 Å². The Morgan fingerprint density at radius 2 is 1.92 bits per heavy atom. The number of amides is 2. The lowest BCUT2D eigenvalue weighted by Gasteiger charge is -2.20. The van der Waals surface area contributed by atoms with Crippen LogP contribution in [0.25, 0.3) is 11.4 Å². The molecule has 1 aliphatic heterocycles. The third-order valence-corrected chi connectivity index (χ3v) is 3.51. The molecular formula is C14H11F4N5O. The number of rotatable bonds is 2. The van der Waals surface area contributed by atoms with Crippen LogP contribution in [0.5, 0.6) is 0 Å². The van der Waals surface area contributed by atoms with Crippen LogP contribution in [-0.4, -0.2) is 46.0 Å². The van der Waals surface area contributed by atoms with Gasteiger partial charge in [0.05, 0.1) is 18.1 Å². The van der Waals surface area contributed by atoms with Crippen molar-refractivity contribution in [2.24, 2.45) is 0 Å². The molecule has 10 heteroatoms. The zero-order chi connectivity index (χ0) is 17.5. The molecule has 1 saturated heterocycles. The first-order valence-electron chi connectivity index (χ1n) is 6.85. The molecule has 3 rings (SSSR count). The van der Waals surface area contributed by atoms with E-state index in [0.717, 1.165) is 29.6 Å². The highest BCUT2D eigenvalue weighted by atomic mass is 19.4. The highest BCUT2D eigenvalue weighted by molar-refractivity contribution is 5.94. The summed E-state index contributed by atoms with van der Waals surface area (Å²) in [6, 6.07) is 0.418. The molecule has 2 amide bonds. The molecule has 0 saturated carbocycles. The van der Waals surface area contributed by atoms with Crippen LogP contribution in [0.15, 0.2) is 24.7 Å². The number of carbonyl (C=O) groups is 1. The van der Waals surface area contributed by atoms with Crippen molar-refractivity contribution in [3.05, 3.63) is 36.2 Å². The van der Waals surface area contributed by atoms with Crippen molar-refractivity contribution in [3.8, 4) is 11.4 Å². The van der Waals surface area contributed by atoms with Gasteiger partial charge in [-0.2, -0.15) is 13.2 Å². The highest BCUT2D eigenvalue weighted by Crippen LogP contribution is 2.36. The number of hydrogen-bond acceptors (Lipinski definition) is 4. The summed E-state index contributed by atoms with van der Waals surface area (Å²) in [5.74, 6) is -1.04. The van der Waals surface area contributed by atoms with E-state index in [0.29, 0.717) is 6.54 Å². The molecule has 0 N–H and O–H groups in total. The van der Waals surface area contributed by atoms with E-state index in [9.17, 15) is 22.4 Å². The van der Waals surface area contributed by atoms with E-state index in [2.05, 4.69) is 15.0 Å². The lowest BCUT2D eigenvalue weighted by molar-refractivity contribution is -0.140. The average molecular weight is 341 g/mol. The summed E-state index contributed by atoms with van der Waals surface area (Å²) in [6.45, 7) is 0.397. The van der Waals surface area contributed by atoms with E-state index in [1.54, 1.807) is 0 Å². The maximum Gasteiger partial charge on any atom is 0.435 e. The molecule has 1 fully saturated rings. The third kappa shape index (κ3) is 2.86. The number of alkyl halides is 3. The molecule has 2 aromatic heterocycles. The molecule has 0 atom stereocenters. The SMILES string of the molecule is CN1CCN(c2cnc(-c3cncc(F)c3)nc2C(F)(F)F)C1=O.